The molecule has 1 N–H and O–H groups in total. The fourth-order valence-corrected chi connectivity index (χ4v) is 2.78. The zero-order valence-electron chi connectivity index (χ0n) is 12.0. The molecular formula is C15H18BrF2N3. The van der Waals surface area contributed by atoms with Gasteiger partial charge in [0.2, 0.25) is 0 Å². The van der Waals surface area contributed by atoms with Crippen LogP contribution in [0, 0.1) is 11.6 Å². The highest BCUT2D eigenvalue weighted by Gasteiger charge is 2.11. The van der Waals surface area contributed by atoms with E-state index in [1.54, 1.807) is 0 Å². The van der Waals surface area contributed by atoms with E-state index < -0.39 is 11.6 Å². The van der Waals surface area contributed by atoms with Crippen LogP contribution in [0.4, 0.5) is 14.5 Å². The Balaban J connectivity index is 2.07. The molecule has 21 heavy (non-hydrogen) atoms. The Morgan fingerprint density at radius 2 is 2.00 bits per heavy atom. The third kappa shape index (κ3) is 3.81. The molecule has 2 rings (SSSR count). The van der Waals surface area contributed by atoms with Crippen molar-refractivity contribution in [3.05, 3.63) is 46.2 Å². The first-order chi connectivity index (χ1) is 10.0. The van der Waals surface area contributed by atoms with Crippen molar-refractivity contribution in [2.45, 2.75) is 39.3 Å². The number of nitrogens with zero attached hydrogens (tertiary/aromatic N) is 2. The number of nitrogens with one attached hydrogen (secondary N) is 1. The quantitative estimate of drug-likeness (QED) is 0.796. The van der Waals surface area contributed by atoms with E-state index in [0.717, 1.165) is 24.6 Å². The number of hydrogen-bond donors (Lipinski definition) is 1. The summed E-state index contributed by atoms with van der Waals surface area (Å²) in [6, 6.07) is 4.37. The molecule has 0 aliphatic rings. The third-order valence-electron chi connectivity index (χ3n) is 3.43. The van der Waals surface area contributed by atoms with Gasteiger partial charge in [0.15, 0.2) is 0 Å². The zero-order valence-corrected chi connectivity index (χ0v) is 13.6. The van der Waals surface area contributed by atoms with Crippen molar-refractivity contribution in [3.63, 3.8) is 0 Å². The van der Waals surface area contributed by atoms with Crippen molar-refractivity contribution in [2.75, 3.05) is 5.32 Å². The number of benzene rings is 1. The Hall–Kier alpha value is -1.43. The second-order valence-electron chi connectivity index (χ2n) is 4.86. The SMILES string of the molecule is CCC(CC)n1ccc(CNc2c(F)cc(F)cc2Br)n1. The molecule has 114 valence electrons. The van der Waals surface area contributed by atoms with Gasteiger partial charge < -0.3 is 5.32 Å². The molecule has 0 fully saturated rings. The van der Waals surface area contributed by atoms with Gasteiger partial charge in [-0.15, -0.1) is 0 Å². The van der Waals surface area contributed by atoms with Crippen LogP contribution < -0.4 is 5.32 Å². The monoisotopic (exact) mass is 357 g/mol. The Morgan fingerprint density at radius 3 is 2.62 bits per heavy atom. The average Bonchev–Trinajstić information content (AvgIpc) is 2.87. The van der Waals surface area contributed by atoms with Crippen molar-refractivity contribution in [2.24, 2.45) is 0 Å². The zero-order chi connectivity index (χ0) is 15.4. The molecule has 1 aromatic heterocycles. The second-order valence-corrected chi connectivity index (χ2v) is 5.71. The number of anilines is 1. The largest absolute Gasteiger partial charge is 0.376 e. The summed E-state index contributed by atoms with van der Waals surface area (Å²) < 4.78 is 29.0. The first kappa shape index (κ1) is 15.9. The molecule has 0 atom stereocenters. The molecule has 0 aliphatic carbocycles. The summed E-state index contributed by atoms with van der Waals surface area (Å²) >= 11 is 3.15. The van der Waals surface area contributed by atoms with Crippen molar-refractivity contribution < 1.29 is 8.78 Å². The predicted molar refractivity (Wildman–Crippen MR) is 83.2 cm³/mol. The maximum Gasteiger partial charge on any atom is 0.150 e. The molecule has 0 radical (unpaired) electrons. The summed E-state index contributed by atoms with van der Waals surface area (Å²) in [6.07, 6.45) is 3.97. The molecule has 0 unspecified atom stereocenters. The van der Waals surface area contributed by atoms with Crippen LogP contribution in [0.3, 0.4) is 0 Å². The third-order valence-corrected chi connectivity index (χ3v) is 4.06. The van der Waals surface area contributed by atoms with Gasteiger partial charge in [0.25, 0.3) is 0 Å². The molecule has 6 heteroatoms. The lowest BCUT2D eigenvalue weighted by Gasteiger charge is -2.12. The number of hydrogen-bond acceptors (Lipinski definition) is 2. The molecule has 1 aromatic carbocycles. The first-order valence-corrected chi connectivity index (χ1v) is 7.76. The predicted octanol–water partition coefficient (Wildman–Crippen LogP) is 4.90. The smallest absolute Gasteiger partial charge is 0.150 e. The van der Waals surface area contributed by atoms with E-state index in [2.05, 4.69) is 40.2 Å². The first-order valence-electron chi connectivity index (χ1n) is 6.97. The van der Waals surface area contributed by atoms with Crippen LogP contribution in [0.5, 0.6) is 0 Å². The maximum absolute atomic E-state index is 13.7. The molecule has 0 amide bonds. The lowest BCUT2D eigenvalue weighted by Crippen LogP contribution is -2.09. The molecule has 1 heterocycles. The number of rotatable bonds is 6. The van der Waals surface area contributed by atoms with Crippen LogP contribution in [0.2, 0.25) is 0 Å². The molecule has 0 spiro atoms. The minimum Gasteiger partial charge on any atom is -0.376 e. The van der Waals surface area contributed by atoms with Gasteiger partial charge in [0, 0.05) is 16.7 Å². The van der Waals surface area contributed by atoms with Gasteiger partial charge in [0.1, 0.15) is 11.6 Å². The standard InChI is InChI=1S/C15H18BrF2N3/c1-3-12(4-2)21-6-5-11(20-21)9-19-15-13(16)7-10(17)8-14(15)18/h5-8,12,19H,3-4,9H2,1-2H3. The van der Waals surface area contributed by atoms with Crippen LogP contribution in [0.1, 0.15) is 38.4 Å². The van der Waals surface area contributed by atoms with E-state index in [4.69, 9.17) is 0 Å². The maximum atomic E-state index is 13.7. The molecule has 0 saturated carbocycles. The molecular weight excluding hydrogens is 340 g/mol. The Morgan fingerprint density at radius 1 is 1.29 bits per heavy atom. The van der Waals surface area contributed by atoms with Crippen molar-refractivity contribution in [1.29, 1.82) is 0 Å². The number of halogens is 3. The fourth-order valence-electron chi connectivity index (χ4n) is 2.23. The van der Waals surface area contributed by atoms with Gasteiger partial charge in [0.05, 0.1) is 24.0 Å². The molecule has 3 nitrogen and oxygen atoms in total. The summed E-state index contributed by atoms with van der Waals surface area (Å²) in [5.41, 5.74) is 1.06. The van der Waals surface area contributed by atoms with Crippen LogP contribution in [-0.4, -0.2) is 9.78 Å². The highest BCUT2D eigenvalue weighted by atomic mass is 79.9. The summed E-state index contributed by atoms with van der Waals surface area (Å²) in [6.45, 7) is 4.63. The summed E-state index contributed by atoms with van der Waals surface area (Å²) in [4.78, 5) is 0. The van der Waals surface area contributed by atoms with Gasteiger partial charge >= 0.3 is 0 Å². The van der Waals surface area contributed by atoms with Gasteiger partial charge in [-0.1, -0.05) is 13.8 Å². The second kappa shape index (κ2) is 7.02. The van der Waals surface area contributed by atoms with Crippen LogP contribution in [0.25, 0.3) is 0 Å². The van der Waals surface area contributed by atoms with Gasteiger partial charge in [-0.2, -0.15) is 5.10 Å². The Kier molecular flexibility index (Phi) is 5.33. The average molecular weight is 358 g/mol. The van der Waals surface area contributed by atoms with Crippen molar-refractivity contribution in [1.82, 2.24) is 9.78 Å². The van der Waals surface area contributed by atoms with E-state index >= 15 is 0 Å². The normalized spacial score (nSPS) is 11.1. The Bertz CT molecular complexity index is 586. The highest BCUT2D eigenvalue weighted by Crippen LogP contribution is 2.27. The van der Waals surface area contributed by atoms with E-state index in [-0.39, 0.29) is 5.69 Å². The van der Waals surface area contributed by atoms with Gasteiger partial charge in [-0.05, 0) is 40.9 Å². The molecule has 0 bridgehead atoms. The van der Waals surface area contributed by atoms with Crippen LogP contribution >= 0.6 is 15.9 Å². The Labute approximate surface area is 131 Å². The highest BCUT2D eigenvalue weighted by molar-refractivity contribution is 9.10. The number of aromatic nitrogens is 2. The van der Waals surface area contributed by atoms with E-state index in [1.807, 2.05) is 16.9 Å². The van der Waals surface area contributed by atoms with Crippen molar-refractivity contribution in [3.8, 4) is 0 Å². The lowest BCUT2D eigenvalue weighted by atomic mass is 10.2. The molecule has 2 aromatic rings. The fraction of sp³-hybridized carbons (Fsp3) is 0.400. The molecule has 0 aliphatic heterocycles. The topological polar surface area (TPSA) is 29.9 Å². The summed E-state index contributed by atoms with van der Waals surface area (Å²) in [5, 5.41) is 7.44. The van der Waals surface area contributed by atoms with E-state index in [9.17, 15) is 8.78 Å². The van der Waals surface area contributed by atoms with Crippen LogP contribution in [0.15, 0.2) is 28.9 Å². The summed E-state index contributed by atoms with van der Waals surface area (Å²) in [7, 11) is 0. The minimum absolute atomic E-state index is 0.244. The van der Waals surface area contributed by atoms with Crippen LogP contribution in [-0.2, 0) is 6.54 Å². The van der Waals surface area contributed by atoms with Gasteiger partial charge in [-0.3, -0.25) is 4.68 Å². The van der Waals surface area contributed by atoms with Gasteiger partial charge in [-0.25, -0.2) is 8.78 Å². The van der Waals surface area contributed by atoms with E-state index in [1.165, 1.54) is 6.07 Å². The lowest BCUT2D eigenvalue weighted by molar-refractivity contribution is 0.426. The van der Waals surface area contributed by atoms with E-state index in [0.29, 0.717) is 17.1 Å². The minimum atomic E-state index is -0.624. The molecule has 0 saturated heterocycles. The summed E-state index contributed by atoms with van der Waals surface area (Å²) in [5.74, 6) is -1.23. The van der Waals surface area contributed by atoms with Crippen molar-refractivity contribution >= 4 is 21.6 Å².